The zero-order chi connectivity index (χ0) is 13.9. The van der Waals surface area contributed by atoms with E-state index < -0.39 is 0 Å². The Morgan fingerprint density at radius 2 is 1.75 bits per heavy atom. The molecule has 1 aromatic rings. The van der Waals surface area contributed by atoms with E-state index in [1.54, 1.807) is 0 Å². The SMILES string of the molecule is CC1=C(CNCc2ccccc2)C(=O)CC(C)(C)C1.Cl. The topological polar surface area (TPSA) is 29.1 Å². The highest BCUT2D eigenvalue weighted by atomic mass is 35.5. The van der Waals surface area contributed by atoms with E-state index in [1.165, 1.54) is 11.1 Å². The van der Waals surface area contributed by atoms with Gasteiger partial charge in [0, 0.05) is 25.1 Å². The number of halogens is 1. The van der Waals surface area contributed by atoms with Crippen molar-refractivity contribution in [1.82, 2.24) is 5.32 Å². The molecule has 110 valence electrons. The van der Waals surface area contributed by atoms with Crippen LogP contribution in [-0.2, 0) is 11.3 Å². The molecule has 0 heterocycles. The van der Waals surface area contributed by atoms with Gasteiger partial charge in [0.05, 0.1) is 0 Å². The molecule has 1 N–H and O–H groups in total. The molecule has 0 spiro atoms. The van der Waals surface area contributed by atoms with Gasteiger partial charge in [0.2, 0.25) is 0 Å². The first-order valence-electron chi connectivity index (χ1n) is 6.94. The fraction of sp³-hybridized carbons (Fsp3) is 0.471. The predicted octanol–water partition coefficient (Wildman–Crippen LogP) is 3.90. The summed E-state index contributed by atoms with van der Waals surface area (Å²) in [6.45, 7) is 7.94. The van der Waals surface area contributed by atoms with Gasteiger partial charge >= 0.3 is 0 Å². The van der Waals surface area contributed by atoms with Gasteiger partial charge in [-0.15, -0.1) is 12.4 Å². The summed E-state index contributed by atoms with van der Waals surface area (Å²) < 4.78 is 0. The molecule has 0 aromatic heterocycles. The third-order valence-electron chi connectivity index (χ3n) is 3.71. The maximum atomic E-state index is 12.2. The average Bonchev–Trinajstić information content (AvgIpc) is 2.32. The van der Waals surface area contributed by atoms with Crippen molar-refractivity contribution in [2.45, 2.75) is 40.2 Å². The fourth-order valence-corrected chi connectivity index (χ4v) is 2.84. The minimum Gasteiger partial charge on any atom is -0.308 e. The molecule has 0 saturated carbocycles. The number of carbonyl (C=O) groups excluding carboxylic acids is 1. The largest absolute Gasteiger partial charge is 0.308 e. The van der Waals surface area contributed by atoms with Gasteiger partial charge in [-0.1, -0.05) is 49.8 Å². The Morgan fingerprint density at radius 1 is 1.10 bits per heavy atom. The first-order chi connectivity index (χ1) is 8.98. The van der Waals surface area contributed by atoms with Gasteiger partial charge < -0.3 is 5.32 Å². The number of benzene rings is 1. The standard InChI is InChI=1S/C17H23NO.ClH/c1-13-9-17(2,3)10-16(19)15(13)12-18-11-14-7-5-4-6-8-14;/h4-8,18H,9-12H2,1-3H3;1H. The Labute approximate surface area is 128 Å². The third kappa shape index (κ3) is 4.46. The Bertz CT molecular complexity index is 491. The highest BCUT2D eigenvalue weighted by molar-refractivity contribution is 5.97. The molecule has 1 aromatic carbocycles. The van der Waals surface area contributed by atoms with E-state index in [-0.39, 0.29) is 17.8 Å². The first-order valence-corrected chi connectivity index (χ1v) is 6.94. The summed E-state index contributed by atoms with van der Waals surface area (Å²) in [5.74, 6) is 0.314. The van der Waals surface area contributed by atoms with E-state index in [0.29, 0.717) is 18.7 Å². The Hall–Kier alpha value is -1.12. The normalized spacial score (nSPS) is 17.9. The van der Waals surface area contributed by atoms with E-state index in [9.17, 15) is 4.79 Å². The highest BCUT2D eigenvalue weighted by Crippen LogP contribution is 2.36. The van der Waals surface area contributed by atoms with Crippen LogP contribution in [-0.4, -0.2) is 12.3 Å². The van der Waals surface area contributed by atoms with Crippen molar-refractivity contribution in [2.24, 2.45) is 5.41 Å². The van der Waals surface area contributed by atoms with Crippen LogP contribution in [0.5, 0.6) is 0 Å². The molecule has 20 heavy (non-hydrogen) atoms. The molecule has 0 unspecified atom stereocenters. The van der Waals surface area contributed by atoms with Crippen LogP contribution in [0, 0.1) is 5.41 Å². The van der Waals surface area contributed by atoms with Crippen molar-refractivity contribution in [1.29, 1.82) is 0 Å². The third-order valence-corrected chi connectivity index (χ3v) is 3.71. The number of hydrogen-bond donors (Lipinski definition) is 1. The smallest absolute Gasteiger partial charge is 0.160 e. The number of ketones is 1. The van der Waals surface area contributed by atoms with Gasteiger partial charge in [-0.3, -0.25) is 4.79 Å². The summed E-state index contributed by atoms with van der Waals surface area (Å²) in [6, 6.07) is 10.3. The highest BCUT2D eigenvalue weighted by Gasteiger charge is 2.30. The van der Waals surface area contributed by atoms with E-state index in [4.69, 9.17) is 0 Å². The van der Waals surface area contributed by atoms with Gasteiger partial charge in [0.25, 0.3) is 0 Å². The summed E-state index contributed by atoms with van der Waals surface area (Å²) >= 11 is 0. The van der Waals surface area contributed by atoms with Crippen LogP contribution in [0.4, 0.5) is 0 Å². The van der Waals surface area contributed by atoms with Gasteiger partial charge in [-0.25, -0.2) is 0 Å². The first kappa shape index (κ1) is 16.9. The Morgan fingerprint density at radius 3 is 2.35 bits per heavy atom. The monoisotopic (exact) mass is 293 g/mol. The molecule has 1 aliphatic carbocycles. The summed E-state index contributed by atoms with van der Waals surface area (Å²) in [7, 11) is 0. The van der Waals surface area contributed by atoms with Gasteiger partial charge in [-0.2, -0.15) is 0 Å². The Kier molecular flexibility index (Phi) is 5.97. The molecule has 3 heteroatoms. The van der Waals surface area contributed by atoms with Crippen LogP contribution < -0.4 is 5.32 Å². The minimum atomic E-state index is 0. The molecule has 1 aliphatic rings. The lowest BCUT2D eigenvalue weighted by atomic mass is 9.74. The number of allylic oxidation sites excluding steroid dienone is 1. The lowest BCUT2D eigenvalue weighted by Crippen LogP contribution is -2.30. The van der Waals surface area contributed by atoms with Crippen molar-refractivity contribution in [3.8, 4) is 0 Å². The van der Waals surface area contributed by atoms with Crippen LogP contribution in [0.15, 0.2) is 41.5 Å². The number of hydrogen-bond acceptors (Lipinski definition) is 2. The lowest BCUT2D eigenvalue weighted by molar-refractivity contribution is -0.118. The van der Waals surface area contributed by atoms with E-state index in [1.807, 2.05) is 18.2 Å². The number of carbonyl (C=O) groups is 1. The zero-order valence-electron chi connectivity index (χ0n) is 12.5. The van der Waals surface area contributed by atoms with Crippen LogP contribution >= 0.6 is 12.4 Å². The average molecular weight is 294 g/mol. The molecule has 0 bridgehead atoms. The summed E-state index contributed by atoms with van der Waals surface area (Å²) in [5, 5.41) is 3.38. The molecule has 0 atom stereocenters. The van der Waals surface area contributed by atoms with Gasteiger partial charge in [-0.05, 0) is 24.3 Å². The van der Waals surface area contributed by atoms with E-state index in [2.05, 4.69) is 38.2 Å². The molecule has 0 aliphatic heterocycles. The van der Waals surface area contributed by atoms with Crippen LogP contribution in [0.25, 0.3) is 0 Å². The number of nitrogens with one attached hydrogen (secondary N) is 1. The van der Waals surface area contributed by atoms with Crippen molar-refractivity contribution < 1.29 is 4.79 Å². The van der Waals surface area contributed by atoms with E-state index >= 15 is 0 Å². The molecule has 2 rings (SSSR count). The quantitative estimate of drug-likeness (QED) is 0.912. The fourth-order valence-electron chi connectivity index (χ4n) is 2.84. The van der Waals surface area contributed by atoms with Crippen molar-refractivity contribution in [3.05, 3.63) is 47.0 Å². The number of Topliss-reactive ketones (excluding diaryl/α,β-unsaturated/α-hetero) is 1. The molecule has 0 fully saturated rings. The summed E-state index contributed by atoms with van der Waals surface area (Å²) in [6.07, 6.45) is 1.70. The minimum absolute atomic E-state index is 0. The molecule has 2 nitrogen and oxygen atoms in total. The maximum absolute atomic E-state index is 12.2. The van der Waals surface area contributed by atoms with E-state index in [0.717, 1.165) is 18.5 Å². The zero-order valence-corrected chi connectivity index (χ0v) is 13.3. The molecule has 0 saturated heterocycles. The second-order valence-corrected chi connectivity index (χ2v) is 6.29. The molecular weight excluding hydrogens is 270 g/mol. The number of rotatable bonds is 4. The van der Waals surface area contributed by atoms with Crippen LogP contribution in [0.1, 0.15) is 39.2 Å². The van der Waals surface area contributed by atoms with Crippen molar-refractivity contribution in [2.75, 3.05) is 6.54 Å². The molecular formula is C17H24ClNO. The maximum Gasteiger partial charge on any atom is 0.160 e. The molecule has 0 amide bonds. The Balaban J connectivity index is 0.00000200. The molecule has 0 radical (unpaired) electrons. The summed E-state index contributed by atoms with van der Waals surface area (Å²) in [4.78, 5) is 12.2. The van der Waals surface area contributed by atoms with Gasteiger partial charge in [0.15, 0.2) is 5.78 Å². The second-order valence-electron chi connectivity index (χ2n) is 6.29. The van der Waals surface area contributed by atoms with Gasteiger partial charge in [0.1, 0.15) is 0 Å². The summed E-state index contributed by atoms with van der Waals surface area (Å²) in [5.41, 5.74) is 3.63. The lowest BCUT2D eigenvalue weighted by Gasteiger charge is -2.31. The van der Waals surface area contributed by atoms with Crippen LogP contribution in [0.2, 0.25) is 0 Å². The second kappa shape index (κ2) is 7.05. The van der Waals surface area contributed by atoms with Crippen LogP contribution in [0.3, 0.4) is 0 Å². The van der Waals surface area contributed by atoms with Crippen molar-refractivity contribution >= 4 is 18.2 Å². The predicted molar refractivity (Wildman–Crippen MR) is 86.1 cm³/mol. The van der Waals surface area contributed by atoms with Crippen molar-refractivity contribution in [3.63, 3.8) is 0 Å².